The van der Waals surface area contributed by atoms with Gasteiger partial charge in [0.15, 0.2) is 0 Å². The van der Waals surface area contributed by atoms with Crippen molar-refractivity contribution in [3.63, 3.8) is 0 Å². The zero-order chi connectivity index (χ0) is 25.3. The summed E-state index contributed by atoms with van der Waals surface area (Å²) < 4.78 is 24.2. The average molecular weight is 475 g/mol. The Hall–Kier alpha value is -4.46. The lowest BCUT2D eigenvalue weighted by atomic mass is 9.94. The van der Waals surface area contributed by atoms with Crippen LogP contribution in [0.2, 0.25) is 0 Å². The Balaban J connectivity index is 1.93. The van der Waals surface area contributed by atoms with Gasteiger partial charge in [-0.05, 0) is 72.6 Å². The Kier molecular flexibility index (Phi) is 6.38. The molecule has 3 aromatic rings. The molecule has 0 bridgehead atoms. The summed E-state index contributed by atoms with van der Waals surface area (Å²) in [5, 5.41) is 11.2. The maximum atomic E-state index is 13.8. The van der Waals surface area contributed by atoms with Crippen molar-refractivity contribution < 1.29 is 33.4 Å². The van der Waals surface area contributed by atoms with Crippen LogP contribution in [0, 0.1) is 12.7 Å². The van der Waals surface area contributed by atoms with Crippen molar-refractivity contribution in [2.24, 2.45) is 0 Å². The van der Waals surface area contributed by atoms with E-state index in [4.69, 9.17) is 9.47 Å². The van der Waals surface area contributed by atoms with Crippen LogP contribution in [0.1, 0.15) is 29.7 Å². The Morgan fingerprint density at radius 2 is 1.71 bits per heavy atom. The van der Waals surface area contributed by atoms with Crippen LogP contribution in [-0.2, 0) is 14.4 Å². The highest BCUT2D eigenvalue weighted by atomic mass is 19.1. The van der Waals surface area contributed by atoms with Crippen molar-refractivity contribution >= 4 is 29.1 Å². The van der Waals surface area contributed by atoms with Crippen molar-refractivity contribution in [3.05, 3.63) is 94.8 Å². The lowest BCUT2D eigenvalue weighted by Gasteiger charge is -2.26. The number of ketones is 1. The molecule has 0 radical (unpaired) electrons. The van der Waals surface area contributed by atoms with Crippen LogP contribution >= 0.6 is 0 Å². The number of esters is 1. The minimum absolute atomic E-state index is 0.170. The number of carbonyl (C=O) groups excluding carboxylic acids is 3. The zero-order valence-corrected chi connectivity index (χ0v) is 19.2. The van der Waals surface area contributed by atoms with E-state index in [1.807, 2.05) is 0 Å². The Morgan fingerprint density at radius 3 is 2.34 bits per heavy atom. The maximum absolute atomic E-state index is 13.8. The van der Waals surface area contributed by atoms with E-state index < -0.39 is 35.3 Å². The van der Waals surface area contributed by atoms with Crippen LogP contribution in [0.25, 0.3) is 5.76 Å². The number of aryl methyl sites for hydroxylation is 1. The van der Waals surface area contributed by atoms with Crippen LogP contribution in [0.15, 0.2) is 72.3 Å². The SMILES string of the molecule is COc1ccc(N2C(=O)C(=O)/C(=C(\O)c3ccc(F)c(C)c3)C2c2cccc(OC(C)=O)c2)cc1. The standard InChI is InChI=1S/C27H22FNO6/c1-15-13-18(7-12-22(15)28)25(31)23-24(17-5-4-6-21(14-17)35-16(2)30)29(27(33)26(23)32)19-8-10-20(34-3)11-9-19/h4-14,24,31H,1-3H3/b25-23-. The maximum Gasteiger partial charge on any atom is 0.308 e. The number of carbonyl (C=O) groups is 3. The topological polar surface area (TPSA) is 93.1 Å². The van der Waals surface area contributed by atoms with Gasteiger partial charge >= 0.3 is 5.97 Å². The molecule has 1 amide bonds. The lowest BCUT2D eigenvalue weighted by molar-refractivity contribution is -0.132. The van der Waals surface area contributed by atoms with E-state index in [-0.39, 0.29) is 22.4 Å². The number of Topliss-reactive ketones (excluding diaryl/α,β-unsaturated/α-hetero) is 1. The number of ether oxygens (including phenoxy) is 2. The molecule has 0 saturated carbocycles. The summed E-state index contributed by atoms with van der Waals surface area (Å²) in [6, 6.07) is 15.8. The summed E-state index contributed by atoms with van der Waals surface area (Å²) in [4.78, 5) is 39.2. The molecule has 3 aromatic carbocycles. The Morgan fingerprint density at radius 1 is 1.00 bits per heavy atom. The number of halogens is 1. The second-order valence-corrected chi connectivity index (χ2v) is 8.00. The molecule has 8 heteroatoms. The first-order valence-corrected chi connectivity index (χ1v) is 10.7. The van der Waals surface area contributed by atoms with E-state index in [2.05, 4.69) is 0 Å². The molecule has 178 valence electrons. The molecule has 1 aliphatic heterocycles. The third-order valence-corrected chi connectivity index (χ3v) is 5.66. The van der Waals surface area contributed by atoms with Gasteiger partial charge in [0.2, 0.25) is 0 Å². The number of hydrogen-bond donors (Lipinski definition) is 1. The van der Waals surface area contributed by atoms with Crippen LogP contribution in [0.5, 0.6) is 11.5 Å². The van der Waals surface area contributed by atoms with E-state index in [1.54, 1.807) is 42.5 Å². The highest BCUT2D eigenvalue weighted by Gasteiger charge is 2.47. The fourth-order valence-corrected chi connectivity index (χ4v) is 4.02. The number of anilines is 1. The van der Waals surface area contributed by atoms with Gasteiger partial charge < -0.3 is 14.6 Å². The van der Waals surface area contributed by atoms with Gasteiger partial charge in [0.1, 0.15) is 23.1 Å². The first kappa shape index (κ1) is 23.7. The number of amides is 1. The highest BCUT2D eigenvalue weighted by Crippen LogP contribution is 2.43. The normalized spacial score (nSPS) is 16.9. The molecule has 7 nitrogen and oxygen atoms in total. The Labute approximate surface area is 201 Å². The summed E-state index contributed by atoms with van der Waals surface area (Å²) in [7, 11) is 1.51. The van der Waals surface area contributed by atoms with Gasteiger partial charge in [0.05, 0.1) is 18.7 Å². The number of aliphatic hydroxyl groups is 1. The zero-order valence-electron chi connectivity index (χ0n) is 19.2. The summed E-state index contributed by atoms with van der Waals surface area (Å²) >= 11 is 0. The summed E-state index contributed by atoms with van der Waals surface area (Å²) in [6.07, 6.45) is 0. The van der Waals surface area contributed by atoms with Crippen LogP contribution in [0.3, 0.4) is 0 Å². The predicted molar refractivity (Wildman–Crippen MR) is 127 cm³/mol. The van der Waals surface area contributed by atoms with Gasteiger partial charge in [-0.15, -0.1) is 0 Å². The van der Waals surface area contributed by atoms with Gasteiger partial charge in [0, 0.05) is 18.2 Å². The van der Waals surface area contributed by atoms with Crippen molar-refractivity contribution in [2.45, 2.75) is 19.9 Å². The quantitative estimate of drug-likeness (QED) is 0.189. The number of benzene rings is 3. The second kappa shape index (κ2) is 9.42. The molecule has 35 heavy (non-hydrogen) atoms. The number of nitrogens with zero attached hydrogens (tertiary/aromatic N) is 1. The molecule has 1 heterocycles. The molecule has 0 spiro atoms. The number of methoxy groups -OCH3 is 1. The molecule has 1 N–H and O–H groups in total. The van der Waals surface area contributed by atoms with Gasteiger partial charge in [0.25, 0.3) is 11.7 Å². The summed E-state index contributed by atoms with van der Waals surface area (Å²) in [5.41, 5.74) is 1.12. The first-order chi connectivity index (χ1) is 16.7. The third-order valence-electron chi connectivity index (χ3n) is 5.66. The van der Waals surface area contributed by atoms with Gasteiger partial charge in [-0.25, -0.2) is 4.39 Å². The minimum atomic E-state index is -1.04. The average Bonchev–Trinajstić information content (AvgIpc) is 3.10. The molecule has 1 unspecified atom stereocenters. The van der Waals surface area contributed by atoms with Gasteiger partial charge in [-0.1, -0.05) is 12.1 Å². The largest absolute Gasteiger partial charge is 0.507 e. The molecule has 1 fully saturated rings. The Bertz CT molecular complexity index is 1360. The summed E-state index contributed by atoms with van der Waals surface area (Å²) in [5.74, 6) is -2.42. The predicted octanol–water partition coefficient (Wildman–Crippen LogP) is 4.69. The van der Waals surface area contributed by atoms with E-state index in [1.165, 1.54) is 50.1 Å². The minimum Gasteiger partial charge on any atom is -0.507 e. The fraction of sp³-hybridized carbons (Fsp3) is 0.148. The van der Waals surface area contributed by atoms with Gasteiger partial charge in [-0.3, -0.25) is 19.3 Å². The molecule has 1 saturated heterocycles. The van der Waals surface area contributed by atoms with Crippen molar-refractivity contribution in [1.29, 1.82) is 0 Å². The van der Waals surface area contributed by atoms with Crippen molar-refractivity contribution in [3.8, 4) is 11.5 Å². The molecule has 1 atom stereocenters. The molecule has 4 rings (SSSR count). The highest BCUT2D eigenvalue weighted by molar-refractivity contribution is 6.51. The summed E-state index contributed by atoms with van der Waals surface area (Å²) in [6.45, 7) is 2.79. The van der Waals surface area contributed by atoms with Crippen molar-refractivity contribution in [2.75, 3.05) is 12.0 Å². The fourth-order valence-electron chi connectivity index (χ4n) is 4.02. The van der Waals surface area contributed by atoms with Gasteiger partial charge in [-0.2, -0.15) is 0 Å². The monoisotopic (exact) mass is 475 g/mol. The number of hydrogen-bond acceptors (Lipinski definition) is 6. The lowest BCUT2D eigenvalue weighted by Crippen LogP contribution is -2.29. The van der Waals surface area contributed by atoms with Crippen LogP contribution in [0.4, 0.5) is 10.1 Å². The molecular formula is C27H22FNO6. The van der Waals surface area contributed by atoms with E-state index in [9.17, 15) is 23.9 Å². The van der Waals surface area contributed by atoms with Crippen molar-refractivity contribution in [1.82, 2.24) is 0 Å². The van der Waals surface area contributed by atoms with E-state index in [0.717, 1.165) is 0 Å². The first-order valence-electron chi connectivity index (χ1n) is 10.7. The van der Waals surface area contributed by atoms with Crippen LogP contribution in [-0.4, -0.2) is 29.9 Å². The molecule has 0 aliphatic carbocycles. The smallest absolute Gasteiger partial charge is 0.308 e. The second-order valence-electron chi connectivity index (χ2n) is 8.00. The molecular weight excluding hydrogens is 453 g/mol. The third kappa shape index (κ3) is 4.50. The van der Waals surface area contributed by atoms with E-state index in [0.29, 0.717) is 17.0 Å². The number of aliphatic hydroxyl groups excluding tert-OH is 1. The van der Waals surface area contributed by atoms with Crippen LogP contribution < -0.4 is 14.4 Å². The van der Waals surface area contributed by atoms with E-state index >= 15 is 0 Å². The molecule has 1 aliphatic rings. The molecule has 0 aromatic heterocycles. The number of rotatable bonds is 5.